The summed E-state index contributed by atoms with van der Waals surface area (Å²) in [5, 5.41) is 9.17. The maximum absolute atomic E-state index is 9.17. The zero-order chi connectivity index (χ0) is 13.1. The maximum Gasteiger partial charge on any atom is 0.146 e. The summed E-state index contributed by atoms with van der Waals surface area (Å²) in [6.45, 7) is 2.12. The summed E-state index contributed by atoms with van der Waals surface area (Å²) >= 11 is 0. The summed E-state index contributed by atoms with van der Waals surface area (Å²) in [7, 11) is 0. The number of hydrogen-bond donors (Lipinski definition) is 0. The van der Waals surface area contributed by atoms with Crippen LogP contribution in [0.3, 0.4) is 0 Å². The molecule has 4 heteroatoms. The lowest BCUT2D eigenvalue weighted by Gasteiger charge is -2.28. The second kappa shape index (κ2) is 5.56. The Kier molecular flexibility index (Phi) is 3.63. The van der Waals surface area contributed by atoms with Crippen LogP contribution in [-0.4, -0.2) is 23.1 Å². The van der Waals surface area contributed by atoms with Crippen LogP contribution in [-0.2, 0) is 0 Å². The van der Waals surface area contributed by atoms with Crippen LogP contribution < -0.4 is 4.90 Å². The van der Waals surface area contributed by atoms with Gasteiger partial charge in [0.1, 0.15) is 23.4 Å². The number of nitriles is 1. The first-order valence-electron chi connectivity index (χ1n) is 7.41. The molecule has 1 saturated heterocycles. The van der Waals surface area contributed by atoms with Crippen molar-refractivity contribution >= 4 is 5.82 Å². The summed E-state index contributed by atoms with van der Waals surface area (Å²) in [6.07, 6.45) is 8.65. The summed E-state index contributed by atoms with van der Waals surface area (Å²) in [4.78, 5) is 11.5. The summed E-state index contributed by atoms with van der Waals surface area (Å²) < 4.78 is 0. The van der Waals surface area contributed by atoms with Crippen molar-refractivity contribution in [2.24, 2.45) is 0 Å². The molecular weight excluding hydrogens is 236 g/mol. The molecule has 0 radical (unpaired) electrons. The van der Waals surface area contributed by atoms with Gasteiger partial charge in [0.15, 0.2) is 0 Å². The Bertz CT molecular complexity index is 479. The molecule has 2 aliphatic rings. The highest BCUT2D eigenvalue weighted by Gasteiger charge is 2.22. The van der Waals surface area contributed by atoms with E-state index in [1.54, 1.807) is 0 Å². The van der Waals surface area contributed by atoms with Gasteiger partial charge in [0.25, 0.3) is 0 Å². The maximum atomic E-state index is 9.17. The highest BCUT2D eigenvalue weighted by Crippen LogP contribution is 2.33. The van der Waals surface area contributed by atoms with Crippen LogP contribution in [0.2, 0.25) is 0 Å². The Labute approximate surface area is 114 Å². The van der Waals surface area contributed by atoms with E-state index in [9.17, 15) is 0 Å². The van der Waals surface area contributed by atoms with E-state index in [-0.39, 0.29) is 0 Å². The van der Waals surface area contributed by atoms with Crippen LogP contribution in [0.1, 0.15) is 62.4 Å². The molecule has 4 nitrogen and oxygen atoms in total. The third-order valence-corrected chi connectivity index (χ3v) is 4.24. The average molecular weight is 256 g/mol. The van der Waals surface area contributed by atoms with Crippen molar-refractivity contribution in [3.63, 3.8) is 0 Å². The van der Waals surface area contributed by atoms with Gasteiger partial charge in [-0.25, -0.2) is 9.97 Å². The van der Waals surface area contributed by atoms with E-state index >= 15 is 0 Å². The van der Waals surface area contributed by atoms with Crippen molar-refractivity contribution in [3.8, 4) is 6.07 Å². The molecule has 0 N–H and O–H groups in total. The molecule has 2 fully saturated rings. The van der Waals surface area contributed by atoms with Gasteiger partial charge in [-0.15, -0.1) is 0 Å². The van der Waals surface area contributed by atoms with Crippen LogP contribution in [0.25, 0.3) is 0 Å². The summed E-state index contributed by atoms with van der Waals surface area (Å²) in [6, 6.07) is 4.04. The van der Waals surface area contributed by atoms with Gasteiger partial charge in [-0.3, -0.25) is 0 Å². The van der Waals surface area contributed by atoms with Gasteiger partial charge in [0.05, 0.1) is 0 Å². The van der Waals surface area contributed by atoms with Crippen LogP contribution in [0.4, 0.5) is 5.82 Å². The number of rotatable bonds is 2. The van der Waals surface area contributed by atoms with Gasteiger partial charge in [-0.2, -0.15) is 5.26 Å². The number of aromatic nitrogens is 2. The van der Waals surface area contributed by atoms with Crippen molar-refractivity contribution < 1.29 is 0 Å². The van der Waals surface area contributed by atoms with Crippen molar-refractivity contribution in [2.45, 2.75) is 50.9 Å². The smallest absolute Gasteiger partial charge is 0.146 e. The molecule has 0 bridgehead atoms. The van der Waals surface area contributed by atoms with Crippen LogP contribution in [0, 0.1) is 11.3 Å². The number of piperidine rings is 1. The van der Waals surface area contributed by atoms with Crippen molar-refractivity contribution in [3.05, 3.63) is 17.6 Å². The minimum atomic E-state index is 0.469. The van der Waals surface area contributed by atoms with E-state index in [2.05, 4.69) is 16.0 Å². The molecule has 1 saturated carbocycles. The zero-order valence-electron chi connectivity index (χ0n) is 11.3. The van der Waals surface area contributed by atoms with Crippen molar-refractivity contribution in [2.75, 3.05) is 18.0 Å². The second-order valence-corrected chi connectivity index (χ2v) is 5.61. The normalized spacial score (nSPS) is 20.5. The molecule has 3 rings (SSSR count). The fourth-order valence-corrected chi connectivity index (χ4v) is 3.16. The first-order valence-corrected chi connectivity index (χ1v) is 7.41. The molecule has 0 amide bonds. The molecule has 0 atom stereocenters. The van der Waals surface area contributed by atoms with Crippen LogP contribution in [0.15, 0.2) is 6.07 Å². The molecule has 19 heavy (non-hydrogen) atoms. The molecule has 1 aromatic rings. The van der Waals surface area contributed by atoms with Gasteiger partial charge >= 0.3 is 0 Å². The molecule has 100 valence electrons. The van der Waals surface area contributed by atoms with E-state index in [1.165, 1.54) is 44.9 Å². The Morgan fingerprint density at radius 2 is 1.79 bits per heavy atom. The third kappa shape index (κ3) is 2.70. The molecule has 1 aromatic heterocycles. The predicted molar refractivity (Wildman–Crippen MR) is 74.0 cm³/mol. The molecule has 2 heterocycles. The van der Waals surface area contributed by atoms with E-state index < -0.39 is 0 Å². The van der Waals surface area contributed by atoms with Gasteiger partial charge in [-0.05, 0) is 32.1 Å². The van der Waals surface area contributed by atoms with E-state index in [0.717, 1.165) is 24.7 Å². The zero-order valence-corrected chi connectivity index (χ0v) is 11.3. The molecule has 0 spiro atoms. The van der Waals surface area contributed by atoms with E-state index in [1.807, 2.05) is 6.07 Å². The van der Waals surface area contributed by atoms with Gasteiger partial charge in [-0.1, -0.05) is 12.8 Å². The van der Waals surface area contributed by atoms with Gasteiger partial charge in [0, 0.05) is 25.1 Å². The Hall–Kier alpha value is -1.63. The summed E-state index contributed by atoms with van der Waals surface area (Å²) in [5.41, 5.74) is 0.525. The Balaban J connectivity index is 1.90. The third-order valence-electron chi connectivity index (χ3n) is 4.24. The van der Waals surface area contributed by atoms with Gasteiger partial charge in [0.2, 0.25) is 0 Å². The molecule has 0 unspecified atom stereocenters. The molecule has 1 aliphatic carbocycles. The number of hydrogen-bond acceptors (Lipinski definition) is 4. The Morgan fingerprint density at radius 1 is 1.05 bits per heavy atom. The molecule has 0 aromatic carbocycles. The first kappa shape index (κ1) is 12.4. The van der Waals surface area contributed by atoms with Crippen molar-refractivity contribution in [1.29, 1.82) is 5.26 Å². The standard InChI is InChI=1S/C15H20N4/c16-11-13-10-14(19-8-4-1-5-9-19)18-15(17-13)12-6-2-3-7-12/h10,12H,1-9H2. The summed E-state index contributed by atoms with van der Waals surface area (Å²) in [5.74, 6) is 2.34. The fourth-order valence-electron chi connectivity index (χ4n) is 3.16. The van der Waals surface area contributed by atoms with E-state index in [4.69, 9.17) is 10.2 Å². The van der Waals surface area contributed by atoms with Crippen LogP contribution in [0.5, 0.6) is 0 Å². The first-order chi connectivity index (χ1) is 9.36. The molecule has 1 aliphatic heterocycles. The second-order valence-electron chi connectivity index (χ2n) is 5.61. The molecular formula is C15H20N4. The topological polar surface area (TPSA) is 52.8 Å². The number of anilines is 1. The monoisotopic (exact) mass is 256 g/mol. The van der Waals surface area contributed by atoms with E-state index in [0.29, 0.717) is 11.6 Å². The highest BCUT2D eigenvalue weighted by atomic mass is 15.2. The van der Waals surface area contributed by atoms with Crippen LogP contribution >= 0.6 is 0 Å². The predicted octanol–water partition coefficient (Wildman–Crippen LogP) is 3.00. The largest absolute Gasteiger partial charge is 0.356 e. The van der Waals surface area contributed by atoms with Gasteiger partial charge < -0.3 is 4.90 Å². The lowest BCUT2D eigenvalue weighted by Crippen LogP contribution is -2.30. The SMILES string of the molecule is N#Cc1cc(N2CCCCC2)nc(C2CCCC2)n1. The highest BCUT2D eigenvalue weighted by molar-refractivity contribution is 5.43. The quantitative estimate of drug-likeness (QED) is 0.816. The minimum absolute atomic E-state index is 0.469. The lowest BCUT2D eigenvalue weighted by molar-refractivity contribution is 0.569. The average Bonchev–Trinajstić information content (AvgIpc) is 3.02. The lowest BCUT2D eigenvalue weighted by atomic mass is 10.1. The fraction of sp³-hybridized carbons (Fsp3) is 0.667. The van der Waals surface area contributed by atoms with Crippen molar-refractivity contribution in [1.82, 2.24) is 9.97 Å². The number of nitrogens with zero attached hydrogens (tertiary/aromatic N) is 4. The minimum Gasteiger partial charge on any atom is -0.356 e. The Morgan fingerprint density at radius 3 is 2.47 bits per heavy atom.